The van der Waals surface area contributed by atoms with E-state index in [1.165, 1.54) is 29.4 Å². The van der Waals surface area contributed by atoms with Crippen molar-refractivity contribution in [2.45, 2.75) is 6.04 Å². The highest BCUT2D eigenvalue weighted by atomic mass is 35.5. The number of amides is 1. The Hall–Kier alpha value is -4.00. The lowest BCUT2D eigenvalue weighted by molar-refractivity contribution is -0.132. The second-order valence-electron chi connectivity index (χ2n) is 7.72. The van der Waals surface area contributed by atoms with Gasteiger partial charge in [-0.1, -0.05) is 41.4 Å². The summed E-state index contributed by atoms with van der Waals surface area (Å²) in [6.45, 7) is 0. The molecule has 1 atom stereocenters. The summed E-state index contributed by atoms with van der Waals surface area (Å²) >= 11 is 12.1. The number of carbonyl (C=O) groups excluding carboxylic acids is 2. The molecular formula is C27H17Cl2NO5. The van der Waals surface area contributed by atoms with Crippen molar-refractivity contribution in [2.24, 2.45) is 0 Å². The largest absolute Gasteiger partial charge is 0.507 e. The number of ketones is 1. The highest BCUT2D eigenvalue weighted by molar-refractivity contribution is 6.51. The normalized spacial score (nSPS) is 17.1. The average Bonchev–Trinajstić information content (AvgIpc) is 3.49. The van der Waals surface area contributed by atoms with Gasteiger partial charge in [-0.05, 0) is 66.7 Å². The second kappa shape index (κ2) is 9.33. The minimum Gasteiger partial charge on any atom is -0.507 e. The Morgan fingerprint density at radius 3 is 2.23 bits per heavy atom. The van der Waals surface area contributed by atoms with Gasteiger partial charge in [-0.25, -0.2) is 0 Å². The molecule has 6 nitrogen and oxygen atoms in total. The topological polar surface area (TPSA) is 80.0 Å². The molecular weight excluding hydrogens is 489 g/mol. The molecule has 35 heavy (non-hydrogen) atoms. The minimum absolute atomic E-state index is 0.118. The first kappa shape index (κ1) is 22.8. The molecule has 1 saturated heterocycles. The van der Waals surface area contributed by atoms with E-state index in [2.05, 4.69) is 0 Å². The molecule has 1 unspecified atom stereocenters. The average molecular weight is 506 g/mol. The Balaban J connectivity index is 1.56. The molecule has 0 radical (unpaired) electrons. The lowest BCUT2D eigenvalue weighted by Crippen LogP contribution is -2.29. The van der Waals surface area contributed by atoms with Crippen LogP contribution in [0.4, 0.5) is 5.69 Å². The molecule has 8 heteroatoms. The van der Waals surface area contributed by atoms with Gasteiger partial charge < -0.3 is 14.3 Å². The maximum absolute atomic E-state index is 13.2. The summed E-state index contributed by atoms with van der Waals surface area (Å²) in [6, 6.07) is 22.7. The first-order valence-corrected chi connectivity index (χ1v) is 11.3. The van der Waals surface area contributed by atoms with Crippen molar-refractivity contribution < 1.29 is 23.8 Å². The number of Topliss-reactive ketones (excluding diaryl/α,β-unsaturated/α-hetero) is 1. The van der Waals surface area contributed by atoms with Gasteiger partial charge in [0.1, 0.15) is 29.1 Å². The third-order valence-corrected chi connectivity index (χ3v) is 6.28. The van der Waals surface area contributed by atoms with Crippen LogP contribution in [0, 0.1) is 0 Å². The number of carbonyl (C=O) groups is 2. The maximum Gasteiger partial charge on any atom is 0.300 e. The number of benzene rings is 3. The number of halogens is 2. The van der Waals surface area contributed by atoms with Gasteiger partial charge in [0, 0.05) is 11.3 Å². The summed E-state index contributed by atoms with van der Waals surface area (Å²) in [7, 11) is 0. The van der Waals surface area contributed by atoms with E-state index in [1.807, 2.05) is 30.3 Å². The monoisotopic (exact) mass is 505 g/mol. The summed E-state index contributed by atoms with van der Waals surface area (Å²) < 4.78 is 11.4. The number of nitrogens with zero attached hydrogens (tertiary/aromatic N) is 1. The molecule has 0 aliphatic carbocycles. The number of hydrogen-bond acceptors (Lipinski definition) is 5. The van der Waals surface area contributed by atoms with Crippen LogP contribution in [-0.2, 0) is 9.59 Å². The maximum atomic E-state index is 13.2. The molecule has 5 rings (SSSR count). The van der Waals surface area contributed by atoms with Crippen molar-refractivity contribution in [3.05, 3.63) is 118 Å². The Morgan fingerprint density at radius 1 is 0.857 bits per heavy atom. The highest BCUT2D eigenvalue weighted by Gasteiger charge is 2.48. The molecule has 0 saturated carbocycles. The van der Waals surface area contributed by atoms with Gasteiger partial charge in [0.15, 0.2) is 0 Å². The molecule has 0 spiro atoms. The number of anilines is 1. The third kappa shape index (κ3) is 4.30. The van der Waals surface area contributed by atoms with E-state index in [9.17, 15) is 14.7 Å². The van der Waals surface area contributed by atoms with Gasteiger partial charge in [0.2, 0.25) is 0 Å². The zero-order valence-corrected chi connectivity index (χ0v) is 19.5. The van der Waals surface area contributed by atoms with E-state index in [1.54, 1.807) is 36.4 Å². The Labute approximate surface area is 210 Å². The standard InChI is InChI=1S/C27H17Cl2NO5/c28-20-13-8-16(15-21(20)29)25(31)23-24(22-7-4-14-34-22)30(27(33)26(23)32)17-9-11-19(12-10-17)35-18-5-2-1-3-6-18/h1-15,24,31H/b25-23-. The molecule has 3 aromatic carbocycles. The van der Waals surface area contributed by atoms with Crippen LogP contribution in [0.25, 0.3) is 5.76 Å². The van der Waals surface area contributed by atoms with Gasteiger partial charge in [-0.3, -0.25) is 14.5 Å². The smallest absolute Gasteiger partial charge is 0.300 e. The number of aliphatic hydroxyl groups excluding tert-OH is 1. The lowest BCUT2D eigenvalue weighted by Gasteiger charge is -2.23. The predicted molar refractivity (Wildman–Crippen MR) is 133 cm³/mol. The van der Waals surface area contributed by atoms with Crippen molar-refractivity contribution in [1.29, 1.82) is 0 Å². The summed E-state index contributed by atoms with van der Waals surface area (Å²) in [5, 5.41) is 11.6. The zero-order chi connectivity index (χ0) is 24.5. The molecule has 1 fully saturated rings. The van der Waals surface area contributed by atoms with Gasteiger partial charge in [0.05, 0.1) is 21.9 Å². The second-order valence-corrected chi connectivity index (χ2v) is 8.54. The summed E-state index contributed by atoms with van der Waals surface area (Å²) in [4.78, 5) is 27.6. The molecule has 1 N–H and O–H groups in total. The number of para-hydroxylation sites is 1. The van der Waals surface area contributed by atoms with E-state index in [4.69, 9.17) is 32.4 Å². The fraction of sp³-hybridized carbons (Fsp3) is 0.0370. The first-order valence-electron chi connectivity index (χ1n) is 10.6. The SMILES string of the molecule is O=C1C(=O)N(c2ccc(Oc3ccccc3)cc2)C(c2ccco2)/C1=C(/O)c1ccc(Cl)c(Cl)c1. The lowest BCUT2D eigenvalue weighted by atomic mass is 9.99. The minimum atomic E-state index is -0.986. The van der Waals surface area contributed by atoms with Crippen LogP contribution in [0.1, 0.15) is 17.4 Å². The van der Waals surface area contributed by atoms with E-state index in [0.29, 0.717) is 28.0 Å². The van der Waals surface area contributed by atoms with Crippen LogP contribution >= 0.6 is 23.2 Å². The predicted octanol–water partition coefficient (Wildman–Crippen LogP) is 7.01. The number of furan rings is 1. The van der Waals surface area contributed by atoms with Gasteiger partial charge in [0.25, 0.3) is 11.7 Å². The Kier molecular flexibility index (Phi) is 6.07. The molecule has 1 aliphatic heterocycles. The number of ether oxygens (including phenoxy) is 1. The number of rotatable bonds is 5. The fourth-order valence-electron chi connectivity index (χ4n) is 3.91. The van der Waals surface area contributed by atoms with Crippen LogP contribution in [0.15, 0.2) is 101 Å². The molecule has 1 aromatic heterocycles. The van der Waals surface area contributed by atoms with Crippen molar-refractivity contribution in [2.75, 3.05) is 4.90 Å². The summed E-state index contributed by atoms with van der Waals surface area (Å²) in [5.74, 6) is -0.491. The van der Waals surface area contributed by atoms with Crippen molar-refractivity contribution in [3.63, 3.8) is 0 Å². The first-order chi connectivity index (χ1) is 16.9. The van der Waals surface area contributed by atoms with Crippen LogP contribution in [0.3, 0.4) is 0 Å². The number of aliphatic hydroxyl groups is 1. The number of hydrogen-bond donors (Lipinski definition) is 1. The fourth-order valence-corrected chi connectivity index (χ4v) is 4.21. The molecule has 174 valence electrons. The van der Waals surface area contributed by atoms with Gasteiger partial charge in [-0.15, -0.1) is 0 Å². The van der Waals surface area contributed by atoms with Gasteiger partial charge >= 0.3 is 0 Å². The molecule has 0 bridgehead atoms. The zero-order valence-electron chi connectivity index (χ0n) is 18.0. The Morgan fingerprint density at radius 2 is 1.57 bits per heavy atom. The molecule has 1 amide bonds. The van der Waals surface area contributed by atoms with E-state index < -0.39 is 17.7 Å². The van der Waals surface area contributed by atoms with Crippen LogP contribution in [-0.4, -0.2) is 16.8 Å². The Bertz CT molecular complexity index is 1430. The third-order valence-electron chi connectivity index (χ3n) is 5.54. The highest BCUT2D eigenvalue weighted by Crippen LogP contribution is 2.43. The van der Waals surface area contributed by atoms with Crippen molar-refractivity contribution >= 4 is 46.3 Å². The van der Waals surface area contributed by atoms with Crippen LogP contribution in [0.5, 0.6) is 11.5 Å². The molecule has 4 aromatic rings. The molecule has 2 heterocycles. The van der Waals surface area contributed by atoms with Gasteiger partial charge in [-0.2, -0.15) is 0 Å². The molecule has 1 aliphatic rings. The summed E-state index contributed by atoms with van der Waals surface area (Å²) in [5.41, 5.74) is 0.565. The van der Waals surface area contributed by atoms with Crippen LogP contribution < -0.4 is 9.64 Å². The van der Waals surface area contributed by atoms with E-state index >= 15 is 0 Å². The van der Waals surface area contributed by atoms with Crippen LogP contribution in [0.2, 0.25) is 10.0 Å². The van der Waals surface area contributed by atoms with Crippen molar-refractivity contribution in [1.82, 2.24) is 0 Å². The quantitative estimate of drug-likeness (QED) is 0.179. The van der Waals surface area contributed by atoms with E-state index in [0.717, 1.165) is 0 Å². The van der Waals surface area contributed by atoms with Crippen molar-refractivity contribution in [3.8, 4) is 11.5 Å². The van der Waals surface area contributed by atoms with E-state index in [-0.39, 0.29) is 21.9 Å². The summed E-state index contributed by atoms with van der Waals surface area (Å²) in [6.07, 6.45) is 1.44.